The molecule has 0 spiro atoms. The first-order chi connectivity index (χ1) is 8.41. The summed E-state index contributed by atoms with van der Waals surface area (Å²) in [7, 11) is 0. The van der Waals surface area contributed by atoms with Gasteiger partial charge < -0.3 is 5.11 Å². The van der Waals surface area contributed by atoms with E-state index < -0.39 is 39.4 Å². The summed E-state index contributed by atoms with van der Waals surface area (Å²) in [5.74, 6) is -5.68. The number of hydrogen-bond donors (Lipinski definition) is 1. The Hall–Kier alpha value is -0.660. The van der Waals surface area contributed by atoms with Gasteiger partial charge in [0, 0.05) is 25.2 Å². The van der Waals surface area contributed by atoms with Gasteiger partial charge in [0.15, 0.2) is 23.3 Å². The Morgan fingerprint density at radius 1 is 1.11 bits per heavy atom. The summed E-state index contributed by atoms with van der Waals surface area (Å²) < 4.78 is 52.8. The van der Waals surface area contributed by atoms with Gasteiger partial charge in [-0.05, 0) is 22.4 Å². The second-order valence-electron chi connectivity index (χ2n) is 4.23. The van der Waals surface area contributed by atoms with Crippen LogP contribution < -0.4 is 0 Å². The van der Waals surface area contributed by atoms with Crippen LogP contribution in [0.4, 0.5) is 17.6 Å². The van der Waals surface area contributed by atoms with Crippen molar-refractivity contribution in [2.24, 2.45) is 0 Å². The molecule has 18 heavy (non-hydrogen) atoms. The maximum absolute atomic E-state index is 13.6. The van der Waals surface area contributed by atoms with Crippen LogP contribution in [0.2, 0.25) is 0 Å². The molecule has 0 saturated carbocycles. The van der Waals surface area contributed by atoms with Crippen molar-refractivity contribution in [1.29, 1.82) is 0 Å². The van der Waals surface area contributed by atoms with E-state index in [-0.39, 0.29) is 13.1 Å². The highest BCUT2D eigenvalue weighted by Crippen LogP contribution is 2.29. The normalized spacial score (nSPS) is 20.7. The Labute approximate surface area is 109 Å². The molecule has 0 amide bonds. The minimum atomic E-state index is -1.44. The molecule has 1 aliphatic rings. The van der Waals surface area contributed by atoms with Gasteiger partial charge in [0.25, 0.3) is 0 Å². The third-order valence-electron chi connectivity index (χ3n) is 2.93. The van der Waals surface area contributed by atoms with Crippen LogP contribution in [0.1, 0.15) is 12.0 Å². The number of likely N-dealkylation sites (tertiary alicyclic amines) is 1. The Morgan fingerprint density at radius 2 is 1.67 bits per heavy atom. The van der Waals surface area contributed by atoms with E-state index in [0.29, 0.717) is 13.0 Å². The lowest BCUT2D eigenvalue weighted by Gasteiger charge is -2.17. The first kappa shape index (κ1) is 13.8. The summed E-state index contributed by atoms with van der Waals surface area (Å²) in [5.41, 5.74) is -0.651. The molecule has 1 heterocycles. The molecule has 1 atom stereocenters. The standard InChI is InChI=1S/C11H10BrF4NO/c12-7-10(15)8(13)6(9(14)11(7)16)4-17-2-1-5(18)3-17/h5,18H,1-4H2/t5-/m0/s1. The highest BCUT2D eigenvalue weighted by molar-refractivity contribution is 9.10. The third kappa shape index (κ3) is 2.39. The molecule has 7 heteroatoms. The second kappa shape index (κ2) is 5.14. The minimum Gasteiger partial charge on any atom is -0.392 e. The van der Waals surface area contributed by atoms with E-state index in [1.165, 1.54) is 0 Å². The maximum atomic E-state index is 13.6. The van der Waals surface area contributed by atoms with Crippen molar-refractivity contribution in [2.45, 2.75) is 19.1 Å². The maximum Gasteiger partial charge on any atom is 0.176 e. The van der Waals surface area contributed by atoms with Crippen molar-refractivity contribution in [3.63, 3.8) is 0 Å². The van der Waals surface area contributed by atoms with Gasteiger partial charge in [-0.1, -0.05) is 0 Å². The minimum absolute atomic E-state index is 0.234. The van der Waals surface area contributed by atoms with Crippen LogP contribution in [0.15, 0.2) is 4.47 Å². The molecule has 1 fully saturated rings. The van der Waals surface area contributed by atoms with E-state index >= 15 is 0 Å². The summed E-state index contributed by atoms with van der Waals surface area (Å²) in [6.07, 6.45) is -0.0914. The zero-order valence-corrected chi connectivity index (χ0v) is 10.8. The molecular weight excluding hydrogens is 318 g/mol. The van der Waals surface area contributed by atoms with Crippen molar-refractivity contribution >= 4 is 15.9 Å². The second-order valence-corrected chi connectivity index (χ2v) is 5.02. The molecule has 0 bridgehead atoms. The number of nitrogens with zero attached hydrogens (tertiary/aromatic N) is 1. The summed E-state index contributed by atoms with van der Waals surface area (Å²) in [4.78, 5) is 1.54. The average molecular weight is 328 g/mol. The Morgan fingerprint density at radius 3 is 2.11 bits per heavy atom. The zero-order valence-electron chi connectivity index (χ0n) is 9.19. The van der Waals surface area contributed by atoms with E-state index in [2.05, 4.69) is 15.9 Å². The van der Waals surface area contributed by atoms with E-state index in [0.717, 1.165) is 0 Å². The molecule has 1 saturated heterocycles. The van der Waals surface area contributed by atoms with Crippen LogP contribution in [0, 0.1) is 23.3 Å². The average Bonchev–Trinajstić information content (AvgIpc) is 2.75. The van der Waals surface area contributed by atoms with Gasteiger partial charge in [-0.25, -0.2) is 17.6 Å². The van der Waals surface area contributed by atoms with Gasteiger partial charge >= 0.3 is 0 Å². The van der Waals surface area contributed by atoms with Crippen LogP contribution in [0.3, 0.4) is 0 Å². The number of aliphatic hydroxyl groups is 1. The third-order valence-corrected chi connectivity index (χ3v) is 3.63. The van der Waals surface area contributed by atoms with Gasteiger partial charge in [-0.15, -0.1) is 0 Å². The van der Waals surface area contributed by atoms with Crippen molar-refractivity contribution < 1.29 is 22.7 Å². The predicted molar refractivity (Wildman–Crippen MR) is 59.9 cm³/mol. The fraction of sp³-hybridized carbons (Fsp3) is 0.455. The van der Waals surface area contributed by atoms with E-state index in [4.69, 9.17) is 0 Å². The number of hydrogen-bond acceptors (Lipinski definition) is 2. The molecule has 0 unspecified atom stereocenters. The first-order valence-electron chi connectivity index (χ1n) is 5.32. The van der Waals surface area contributed by atoms with Crippen LogP contribution in [0.25, 0.3) is 0 Å². The predicted octanol–water partition coefficient (Wildman–Crippen LogP) is 2.57. The van der Waals surface area contributed by atoms with E-state index in [9.17, 15) is 22.7 Å². The quantitative estimate of drug-likeness (QED) is 0.512. The zero-order chi connectivity index (χ0) is 13.4. The lowest BCUT2D eigenvalue weighted by atomic mass is 10.1. The van der Waals surface area contributed by atoms with Crippen molar-refractivity contribution in [3.8, 4) is 0 Å². The summed E-state index contributed by atoms with van der Waals surface area (Å²) in [6.45, 7) is 0.396. The molecular formula is C11H10BrF4NO. The van der Waals surface area contributed by atoms with Crippen molar-refractivity contribution in [1.82, 2.24) is 4.90 Å². The monoisotopic (exact) mass is 327 g/mol. The highest BCUT2D eigenvalue weighted by atomic mass is 79.9. The number of halogens is 5. The van der Waals surface area contributed by atoms with Gasteiger partial charge in [0.05, 0.1) is 10.6 Å². The lowest BCUT2D eigenvalue weighted by molar-refractivity contribution is 0.173. The highest BCUT2D eigenvalue weighted by Gasteiger charge is 2.27. The summed E-state index contributed by atoms with van der Waals surface area (Å²) in [6, 6.07) is 0. The molecule has 1 aromatic rings. The number of benzene rings is 1. The van der Waals surface area contributed by atoms with Crippen molar-refractivity contribution in [3.05, 3.63) is 33.3 Å². The Bertz CT molecular complexity index is 454. The molecule has 1 aromatic carbocycles. The summed E-state index contributed by atoms with van der Waals surface area (Å²) in [5, 5.41) is 9.28. The van der Waals surface area contributed by atoms with Crippen LogP contribution >= 0.6 is 15.9 Å². The van der Waals surface area contributed by atoms with E-state index in [1.807, 2.05) is 0 Å². The molecule has 0 aromatic heterocycles. The molecule has 1 N–H and O–H groups in total. The number of aliphatic hydroxyl groups excluding tert-OH is 1. The topological polar surface area (TPSA) is 23.5 Å². The van der Waals surface area contributed by atoms with Gasteiger partial charge in [-0.3, -0.25) is 4.90 Å². The molecule has 1 aliphatic heterocycles. The molecule has 0 radical (unpaired) electrons. The van der Waals surface area contributed by atoms with E-state index in [1.54, 1.807) is 4.90 Å². The van der Waals surface area contributed by atoms with Crippen molar-refractivity contribution in [2.75, 3.05) is 13.1 Å². The van der Waals surface area contributed by atoms with Gasteiger partial charge in [-0.2, -0.15) is 0 Å². The van der Waals surface area contributed by atoms with Gasteiger partial charge in [0.1, 0.15) is 0 Å². The Kier molecular flexibility index (Phi) is 3.93. The largest absolute Gasteiger partial charge is 0.392 e. The Balaban J connectivity index is 2.33. The molecule has 100 valence electrons. The smallest absolute Gasteiger partial charge is 0.176 e. The summed E-state index contributed by atoms with van der Waals surface area (Å²) >= 11 is 2.45. The van der Waals surface area contributed by atoms with Crippen LogP contribution in [0.5, 0.6) is 0 Å². The molecule has 2 rings (SSSR count). The molecule has 2 nitrogen and oxygen atoms in total. The fourth-order valence-corrected chi connectivity index (χ4v) is 2.32. The van der Waals surface area contributed by atoms with Crippen LogP contribution in [-0.4, -0.2) is 29.2 Å². The number of rotatable bonds is 2. The first-order valence-corrected chi connectivity index (χ1v) is 6.11. The lowest BCUT2D eigenvalue weighted by Crippen LogP contribution is -2.23. The SMILES string of the molecule is O[C@H]1CCN(Cc2c(F)c(F)c(Br)c(F)c2F)C1. The van der Waals surface area contributed by atoms with Gasteiger partial charge in [0.2, 0.25) is 0 Å². The van der Waals surface area contributed by atoms with Crippen LogP contribution in [-0.2, 0) is 6.54 Å². The number of β-amino-alcohol motifs (C(OH)–C–C–N with tert-alkyl or cyclic N) is 1. The fourth-order valence-electron chi connectivity index (χ4n) is 1.97. The molecule has 0 aliphatic carbocycles.